The lowest BCUT2D eigenvalue weighted by Gasteiger charge is -2.11. The van der Waals surface area contributed by atoms with Crippen LogP contribution in [-0.2, 0) is 0 Å². The van der Waals surface area contributed by atoms with Crippen LogP contribution in [0.4, 0.5) is 5.69 Å². The summed E-state index contributed by atoms with van der Waals surface area (Å²) in [6.07, 6.45) is 1.66. The topological polar surface area (TPSA) is 49.0 Å². The number of aromatic nitrogens is 2. The molecule has 0 aliphatic rings. The highest BCUT2D eigenvalue weighted by atomic mass is 16.1. The van der Waals surface area contributed by atoms with Crippen molar-refractivity contribution in [3.63, 3.8) is 0 Å². The van der Waals surface area contributed by atoms with E-state index in [0.717, 1.165) is 5.39 Å². The molecule has 0 radical (unpaired) electrons. The molecule has 2 heterocycles. The fourth-order valence-electron chi connectivity index (χ4n) is 1.36. The Balaban J connectivity index is 2.78. The van der Waals surface area contributed by atoms with Gasteiger partial charge in [-0.05, 0) is 18.2 Å². The third-order valence-corrected chi connectivity index (χ3v) is 2.08. The second kappa shape index (κ2) is 3.14. The van der Waals surface area contributed by atoms with E-state index < -0.39 is 0 Å². The van der Waals surface area contributed by atoms with E-state index in [1.807, 2.05) is 32.3 Å². The van der Waals surface area contributed by atoms with Crippen molar-refractivity contribution in [1.82, 2.24) is 9.97 Å². The Hall–Kier alpha value is -1.84. The van der Waals surface area contributed by atoms with Gasteiger partial charge in [0.25, 0.3) is 5.56 Å². The fraction of sp³-hybridized carbons (Fsp3) is 0.200. The zero-order chi connectivity index (χ0) is 10.1. The van der Waals surface area contributed by atoms with E-state index >= 15 is 0 Å². The first-order valence-electron chi connectivity index (χ1n) is 4.34. The summed E-state index contributed by atoms with van der Waals surface area (Å²) in [5.41, 5.74) is 1.16. The summed E-state index contributed by atoms with van der Waals surface area (Å²) in [5.74, 6) is 0. The molecule has 2 aromatic heterocycles. The molecule has 0 saturated carbocycles. The monoisotopic (exact) mass is 189 g/mol. The van der Waals surface area contributed by atoms with Crippen molar-refractivity contribution in [2.75, 3.05) is 19.0 Å². The fourth-order valence-corrected chi connectivity index (χ4v) is 1.36. The first-order valence-corrected chi connectivity index (χ1v) is 4.34. The highest BCUT2D eigenvalue weighted by Gasteiger charge is 2.03. The highest BCUT2D eigenvalue weighted by Crippen LogP contribution is 2.11. The minimum Gasteiger partial charge on any atom is -0.373 e. The highest BCUT2D eigenvalue weighted by molar-refractivity contribution is 5.77. The van der Waals surface area contributed by atoms with Crippen LogP contribution in [0.3, 0.4) is 0 Å². The average Bonchev–Trinajstić information content (AvgIpc) is 2.16. The first kappa shape index (κ1) is 8.74. The van der Waals surface area contributed by atoms with Crippen molar-refractivity contribution in [3.05, 3.63) is 34.7 Å². The second-order valence-corrected chi connectivity index (χ2v) is 3.32. The van der Waals surface area contributed by atoms with Crippen LogP contribution in [0.2, 0.25) is 0 Å². The molecule has 0 aromatic carbocycles. The third kappa shape index (κ3) is 1.35. The van der Waals surface area contributed by atoms with Crippen molar-refractivity contribution in [3.8, 4) is 0 Å². The lowest BCUT2D eigenvalue weighted by Crippen LogP contribution is -2.20. The predicted octanol–water partition coefficient (Wildman–Crippen LogP) is 0.989. The van der Waals surface area contributed by atoms with Gasteiger partial charge in [0.15, 0.2) is 0 Å². The minimum absolute atomic E-state index is 0.110. The summed E-state index contributed by atoms with van der Waals surface area (Å²) in [4.78, 5) is 20.1. The summed E-state index contributed by atoms with van der Waals surface area (Å²) < 4.78 is 0. The van der Waals surface area contributed by atoms with Crippen molar-refractivity contribution < 1.29 is 0 Å². The second-order valence-electron chi connectivity index (χ2n) is 3.32. The Morgan fingerprint density at radius 3 is 2.93 bits per heavy atom. The maximum Gasteiger partial charge on any atom is 0.273 e. The maximum atomic E-state index is 11.5. The molecule has 4 nitrogen and oxygen atoms in total. The number of pyridine rings is 2. The number of hydrogen-bond acceptors (Lipinski definition) is 3. The zero-order valence-corrected chi connectivity index (χ0v) is 8.11. The van der Waals surface area contributed by atoms with Gasteiger partial charge in [0.05, 0.1) is 0 Å². The number of nitrogens with one attached hydrogen (secondary N) is 1. The molecule has 0 aliphatic carbocycles. The average molecular weight is 189 g/mol. The van der Waals surface area contributed by atoms with Crippen LogP contribution in [0, 0.1) is 0 Å². The molecular weight excluding hydrogens is 178 g/mol. The number of hydrogen-bond donors (Lipinski definition) is 1. The number of anilines is 1. The molecule has 0 unspecified atom stereocenters. The summed E-state index contributed by atoms with van der Waals surface area (Å²) >= 11 is 0. The van der Waals surface area contributed by atoms with Gasteiger partial charge in [-0.1, -0.05) is 0 Å². The Labute approximate surface area is 81.2 Å². The van der Waals surface area contributed by atoms with Crippen molar-refractivity contribution in [1.29, 1.82) is 0 Å². The Bertz CT molecular complexity index is 516. The molecule has 0 saturated heterocycles. The molecule has 0 fully saturated rings. The molecule has 0 amide bonds. The van der Waals surface area contributed by atoms with Crippen LogP contribution in [0.5, 0.6) is 0 Å². The van der Waals surface area contributed by atoms with Crippen molar-refractivity contribution in [2.45, 2.75) is 0 Å². The van der Waals surface area contributed by atoms with Gasteiger partial charge in [-0.15, -0.1) is 0 Å². The summed E-state index contributed by atoms with van der Waals surface area (Å²) in [6, 6.07) is 5.60. The van der Waals surface area contributed by atoms with E-state index in [-0.39, 0.29) is 5.56 Å². The van der Waals surface area contributed by atoms with Crippen LogP contribution in [0.25, 0.3) is 11.0 Å². The van der Waals surface area contributed by atoms with Gasteiger partial charge in [-0.3, -0.25) is 4.79 Å². The first-order chi connectivity index (χ1) is 6.68. The standard InChI is InChI=1S/C10H11N3O/c1-13(2)8-6-7-4-3-5-11-9(7)12-10(8)14/h3-6H,1-2H3,(H,11,12,14). The molecule has 2 rings (SSSR count). The van der Waals surface area contributed by atoms with E-state index in [0.29, 0.717) is 11.3 Å². The van der Waals surface area contributed by atoms with Gasteiger partial charge in [0, 0.05) is 25.7 Å². The summed E-state index contributed by atoms with van der Waals surface area (Å²) in [6.45, 7) is 0. The third-order valence-electron chi connectivity index (χ3n) is 2.08. The molecule has 2 aromatic rings. The molecule has 1 N–H and O–H groups in total. The van der Waals surface area contributed by atoms with Crippen molar-refractivity contribution >= 4 is 16.7 Å². The van der Waals surface area contributed by atoms with Crippen molar-refractivity contribution in [2.24, 2.45) is 0 Å². The SMILES string of the molecule is CN(C)c1cc2cccnc2[nH]c1=O. The molecule has 0 spiro atoms. The van der Waals surface area contributed by atoms with E-state index in [4.69, 9.17) is 0 Å². The number of fused-ring (bicyclic) bond motifs is 1. The van der Waals surface area contributed by atoms with Gasteiger partial charge < -0.3 is 9.88 Å². The molecule has 4 heteroatoms. The maximum absolute atomic E-state index is 11.5. The molecule has 0 aliphatic heterocycles. The predicted molar refractivity (Wildman–Crippen MR) is 56.7 cm³/mol. The normalized spacial score (nSPS) is 10.4. The van der Waals surface area contributed by atoms with E-state index in [9.17, 15) is 4.79 Å². The molecule has 0 bridgehead atoms. The van der Waals surface area contributed by atoms with E-state index in [1.54, 1.807) is 11.1 Å². The number of aromatic amines is 1. The smallest absolute Gasteiger partial charge is 0.273 e. The van der Waals surface area contributed by atoms with E-state index in [2.05, 4.69) is 9.97 Å². The minimum atomic E-state index is -0.110. The lowest BCUT2D eigenvalue weighted by atomic mass is 10.2. The zero-order valence-electron chi connectivity index (χ0n) is 8.11. The van der Waals surface area contributed by atoms with Crippen LogP contribution in [-0.4, -0.2) is 24.1 Å². The van der Waals surface area contributed by atoms with Gasteiger partial charge in [-0.2, -0.15) is 0 Å². The largest absolute Gasteiger partial charge is 0.373 e. The van der Waals surface area contributed by atoms with Gasteiger partial charge >= 0.3 is 0 Å². The number of rotatable bonds is 1. The molecule has 72 valence electrons. The number of nitrogens with zero attached hydrogens (tertiary/aromatic N) is 2. The Morgan fingerprint density at radius 1 is 1.43 bits per heavy atom. The van der Waals surface area contributed by atoms with Crippen LogP contribution >= 0.6 is 0 Å². The molecule has 14 heavy (non-hydrogen) atoms. The van der Waals surface area contributed by atoms with E-state index in [1.165, 1.54) is 0 Å². The Kier molecular flexibility index (Phi) is 1.96. The Morgan fingerprint density at radius 2 is 2.21 bits per heavy atom. The summed E-state index contributed by atoms with van der Waals surface area (Å²) in [5, 5.41) is 0.941. The van der Waals surface area contributed by atoms with Crippen LogP contribution < -0.4 is 10.5 Å². The molecular formula is C10H11N3O. The number of H-pyrrole nitrogens is 1. The van der Waals surface area contributed by atoms with Crippen LogP contribution in [0.15, 0.2) is 29.2 Å². The molecule has 0 atom stereocenters. The lowest BCUT2D eigenvalue weighted by molar-refractivity contribution is 1.09. The van der Waals surface area contributed by atoms with Gasteiger partial charge in [0.1, 0.15) is 11.3 Å². The van der Waals surface area contributed by atoms with Gasteiger partial charge in [0.2, 0.25) is 0 Å². The van der Waals surface area contributed by atoms with Gasteiger partial charge in [-0.25, -0.2) is 4.98 Å². The quantitative estimate of drug-likeness (QED) is 0.727. The summed E-state index contributed by atoms with van der Waals surface area (Å²) in [7, 11) is 3.68. The van der Waals surface area contributed by atoms with Crippen LogP contribution in [0.1, 0.15) is 0 Å².